The van der Waals surface area contributed by atoms with Crippen LogP contribution in [0.5, 0.6) is 0 Å². The zero-order valence-corrected chi connectivity index (χ0v) is 17.0. The molecule has 5 nitrogen and oxygen atoms in total. The molecule has 0 bridgehead atoms. The summed E-state index contributed by atoms with van der Waals surface area (Å²) in [5.74, 6) is -0.369. The van der Waals surface area contributed by atoms with E-state index in [9.17, 15) is 9.59 Å². The molecule has 0 spiro atoms. The lowest BCUT2D eigenvalue weighted by molar-refractivity contribution is -0.119. The number of hydrogen-bond donors (Lipinski definition) is 2. The normalized spacial score (nSPS) is 11.8. The van der Waals surface area contributed by atoms with Gasteiger partial charge in [-0.3, -0.25) is 10.1 Å². The van der Waals surface area contributed by atoms with Crippen molar-refractivity contribution in [3.63, 3.8) is 0 Å². The van der Waals surface area contributed by atoms with E-state index < -0.39 is 11.3 Å². The Kier molecular flexibility index (Phi) is 6.31. The van der Waals surface area contributed by atoms with Gasteiger partial charge in [0.05, 0.1) is 10.5 Å². The highest BCUT2D eigenvalue weighted by molar-refractivity contribution is 8.00. The van der Waals surface area contributed by atoms with Gasteiger partial charge < -0.3 is 5.32 Å². The summed E-state index contributed by atoms with van der Waals surface area (Å²) < 4.78 is 0. The van der Waals surface area contributed by atoms with Crippen molar-refractivity contribution < 1.29 is 9.59 Å². The molecule has 2 aromatic carbocycles. The van der Waals surface area contributed by atoms with E-state index in [1.54, 1.807) is 6.92 Å². The number of nitrogens with one attached hydrogen (secondary N) is 2. The van der Waals surface area contributed by atoms with Crippen LogP contribution in [0, 0.1) is 13.8 Å². The van der Waals surface area contributed by atoms with Crippen LogP contribution in [-0.2, 0) is 4.79 Å². The molecule has 0 saturated carbocycles. The highest BCUT2D eigenvalue weighted by Crippen LogP contribution is 2.36. The SMILES string of the molecule is CCNC(=O)NC(=O)[C@@H](Sc1cc(C)c2cccc(C)c2n1)c1ccccc1. The van der Waals surface area contributed by atoms with Gasteiger partial charge in [-0.15, -0.1) is 0 Å². The lowest BCUT2D eigenvalue weighted by Crippen LogP contribution is -2.41. The summed E-state index contributed by atoms with van der Waals surface area (Å²) in [4.78, 5) is 29.5. The van der Waals surface area contributed by atoms with E-state index in [-0.39, 0.29) is 5.91 Å². The summed E-state index contributed by atoms with van der Waals surface area (Å²) in [7, 11) is 0. The largest absolute Gasteiger partial charge is 0.338 e. The van der Waals surface area contributed by atoms with Gasteiger partial charge in [0.25, 0.3) is 0 Å². The number of rotatable bonds is 5. The van der Waals surface area contributed by atoms with Gasteiger partial charge in [-0.2, -0.15) is 0 Å². The van der Waals surface area contributed by atoms with Crippen molar-refractivity contribution in [3.05, 3.63) is 71.3 Å². The van der Waals surface area contributed by atoms with Crippen LogP contribution in [0.25, 0.3) is 10.9 Å². The van der Waals surface area contributed by atoms with E-state index >= 15 is 0 Å². The number of hydrogen-bond acceptors (Lipinski definition) is 4. The number of thioether (sulfide) groups is 1. The number of para-hydroxylation sites is 1. The maximum absolute atomic E-state index is 12.8. The lowest BCUT2D eigenvalue weighted by atomic mass is 10.1. The molecular formula is C22H23N3O2S. The monoisotopic (exact) mass is 393 g/mol. The Labute approximate surface area is 168 Å². The van der Waals surface area contributed by atoms with Crippen molar-refractivity contribution in [3.8, 4) is 0 Å². The van der Waals surface area contributed by atoms with Crippen LogP contribution >= 0.6 is 11.8 Å². The number of carbonyl (C=O) groups excluding carboxylic acids is 2. The van der Waals surface area contributed by atoms with Gasteiger partial charge >= 0.3 is 6.03 Å². The van der Waals surface area contributed by atoms with Gasteiger partial charge in [-0.1, -0.05) is 60.3 Å². The van der Waals surface area contributed by atoms with Gasteiger partial charge in [0.15, 0.2) is 0 Å². The van der Waals surface area contributed by atoms with E-state index in [4.69, 9.17) is 4.98 Å². The summed E-state index contributed by atoms with van der Waals surface area (Å²) in [6.07, 6.45) is 0. The molecule has 0 unspecified atom stereocenters. The second kappa shape index (κ2) is 8.89. The highest BCUT2D eigenvalue weighted by Gasteiger charge is 2.24. The number of pyridine rings is 1. The number of urea groups is 1. The second-order valence-electron chi connectivity index (χ2n) is 6.51. The number of fused-ring (bicyclic) bond motifs is 1. The molecule has 3 rings (SSSR count). The number of carbonyl (C=O) groups is 2. The quantitative estimate of drug-likeness (QED) is 0.625. The Balaban J connectivity index is 1.95. The van der Waals surface area contributed by atoms with Crippen molar-refractivity contribution in [2.75, 3.05) is 6.54 Å². The van der Waals surface area contributed by atoms with Crippen molar-refractivity contribution >= 4 is 34.6 Å². The van der Waals surface area contributed by atoms with Crippen LogP contribution in [0.15, 0.2) is 59.6 Å². The number of nitrogens with zero attached hydrogens (tertiary/aromatic N) is 1. The van der Waals surface area contributed by atoms with Crippen LogP contribution in [-0.4, -0.2) is 23.5 Å². The van der Waals surface area contributed by atoms with Crippen molar-refractivity contribution in [1.29, 1.82) is 0 Å². The molecule has 0 aliphatic rings. The number of aromatic nitrogens is 1. The first-order valence-electron chi connectivity index (χ1n) is 9.17. The molecule has 0 aliphatic heterocycles. The summed E-state index contributed by atoms with van der Waals surface area (Å²) in [6.45, 7) is 6.32. The Morgan fingerprint density at radius 1 is 1.04 bits per heavy atom. The molecule has 0 saturated heterocycles. The number of imide groups is 1. The van der Waals surface area contributed by atoms with Gasteiger partial charge in [0.1, 0.15) is 5.25 Å². The van der Waals surface area contributed by atoms with Gasteiger partial charge in [0, 0.05) is 11.9 Å². The minimum Gasteiger partial charge on any atom is -0.338 e. The fraction of sp³-hybridized carbons (Fsp3) is 0.227. The summed E-state index contributed by atoms with van der Waals surface area (Å²) in [6, 6.07) is 17.0. The van der Waals surface area contributed by atoms with Gasteiger partial charge in [-0.05, 0) is 43.5 Å². The molecule has 2 N–H and O–H groups in total. The molecule has 1 heterocycles. The molecule has 1 aromatic heterocycles. The second-order valence-corrected chi connectivity index (χ2v) is 7.63. The third kappa shape index (κ3) is 4.51. The van der Waals surface area contributed by atoms with Gasteiger partial charge in [0.2, 0.25) is 5.91 Å². The number of aryl methyl sites for hydroxylation is 2. The number of benzene rings is 2. The average molecular weight is 394 g/mol. The average Bonchev–Trinajstić information content (AvgIpc) is 2.68. The Morgan fingerprint density at radius 2 is 1.79 bits per heavy atom. The van der Waals surface area contributed by atoms with E-state index in [1.807, 2.05) is 62.4 Å². The maximum Gasteiger partial charge on any atom is 0.321 e. The molecule has 0 aliphatic carbocycles. The molecule has 0 fully saturated rings. The molecule has 144 valence electrons. The predicted octanol–water partition coefficient (Wildman–Crippen LogP) is 4.53. The summed E-state index contributed by atoms with van der Waals surface area (Å²) in [5, 5.41) is 6.28. The lowest BCUT2D eigenvalue weighted by Gasteiger charge is -2.17. The van der Waals surface area contributed by atoms with Crippen molar-refractivity contribution in [1.82, 2.24) is 15.6 Å². The first kappa shape index (κ1) is 19.9. The van der Waals surface area contributed by atoms with Crippen LogP contribution in [0.1, 0.15) is 28.9 Å². The number of amides is 3. The summed E-state index contributed by atoms with van der Waals surface area (Å²) >= 11 is 1.34. The van der Waals surface area contributed by atoms with Crippen LogP contribution in [0.4, 0.5) is 4.79 Å². The van der Waals surface area contributed by atoms with E-state index in [0.717, 1.165) is 32.6 Å². The molecule has 6 heteroatoms. The third-order valence-corrected chi connectivity index (χ3v) is 5.55. The molecule has 0 radical (unpaired) electrons. The molecule has 1 atom stereocenters. The standard InChI is InChI=1S/C22H23N3O2S/c1-4-23-22(27)25-21(26)20(16-10-6-5-7-11-16)28-18-13-15(3)17-12-8-9-14(2)19(17)24-18/h5-13,20H,4H2,1-3H3,(H2,23,25,26,27)/t20-/m0/s1. The third-order valence-electron chi connectivity index (χ3n) is 4.38. The molecule has 28 heavy (non-hydrogen) atoms. The fourth-order valence-electron chi connectivity index (χ4n) is 3.00. The Bertz CT molecular complexity index is 1010. The van der Waals surface area contributed by atoms with Crippen molar-refractivity contribution in [2.45, 2.75) is 31.0 Å². The van der Waals surface area contributed by atoms with Crippen molar-refractivity contribution in [2.24, 2.45) is 0 Å². The highest BCUT2D eigenvalue weighted by atomic mass is 32.2. The predicted molar refractivity (Wildman–Crippen MR) is 113 cm³/mol. The smallest absolute Gasteiger partial charge is 0.321 e. The Hall–Kier alpha value is -2.86. The fourth-order valence-corrected chi connectivity index (χ4v) is 4.08. The Morgan fingerprint density at radius 3 is 2.50 bits per heavy atom. The molecule has 3 amide bonds. The first-order valence-corrected chi connectivity index (χ1v) is 10.0. The van der Waals surface area contributed by atoms with Crippen LogP contribution in [0.3, 0.4) is 0 Å². The topological polar surface area (TPSA) is 71.1 Å². The summed E-state index contributed by atoms with van der Waals surface area (Å²) in [5.41, 5.74) is 3.94. The molecule has 3 aromatic rings. The van der Waals surface area contributed by atoms with E-state index in [1.165, 1.54) is 11.8 Å². The zero-order chi connectivity index (χ0) is 20.1. The van der Waals surface area contributed by atoms with E-state index in [2.05, 4.69) is 16.7 Å². The van der Waals surface area contributed by atoms with Crippen LogP contribution in [0.2, 0.25) is 0 Å². The van der Waals surface area contributed by atoms with E-state index in [0.29, 0.717) is 6.54 Å². The molecular weight excluding hydrogens is 370 g/mol. The zero-order valence-electron chi connectivity index (χ0n) is 16.2. The first-order chi connectivity index (χ1) is 13.5. The maximum atomic E-state index is 12.8. The minimum absolute atomic E-state index is 0.369. The van der Waals surface area contributed by atoms with Crippen LogP contribution < -0.4 is 10.6 Å². The minimum atomic E-state index is -0.586. The van der Waals surface area contributed by atoms with Gasteiger partial charge in [-0.25, -0.2) is 9.78 Å².